The highest BCUT2D eigenvalue weighted by molar-refractivity contribution is 7.18. The average Bonchev–Trinajstić information content (AvgIpc) is 3.18. The normalized spacial score (nSPS) is 17.9. The average molecular weight is 409 g/mol. The second-order valence-corrected chi connectivity index (χ2v) is 8.55. The molecule has 0 aliphatic carbocycles. The summed E-state index contributed by atoms with van der Waals surface area (Å²) in [6.45, 7) is 4.73. The Morgan fingerprint density at radius 3 is 2.66 bits per heavy atom. The summed E-state index contributed by atoms with van der Waals surface area (Å²) in [5.74, 6) is 0.865. The van der Waals surface area contributed by atoms with E-state index in [0.29, 0.717) is 17.9 Å². The molecule has 1 aliphatic rings. The number of piperidine rings is 1. The molecule has 1 aliphatic heterocycles. The minimum atomic E-state index is -0.577. The van der Waals surface area contributed by atoms with Gasteiger partial charge in [0.1, 0.15) is 5.75 Å². The third kappa shape index (κ3) is 4.32. The van der Waals surface area contributed by atoms with Gasteiger partial charge in [-0.15, -0.1) is 11.3 Å². The zero-order valence-electron chi connectivity index (χ0n) is 16.6. The quantitative estimate of drug-likeness (QED) is 0.576. The molecule has 5 nitrogen and oxygen atoms in total. The summed E-state index contributed by atoms with van der Waals surface area (Å²) >= 11 is 1.72. The Bertz CT molecular complexity index is 995. The van der Waals surface area contributed by atoms with E-state index in [1.54, 1.807) is 42.5 Å². The van der Waals surface area contributed by atoms with Crippen LogP contribution in [-0.4, -0.2) is 40.8 Å². The number of hydrogen-bond donors (Lipinski definition) is 0. The molecule has 0 saturated carbocycles. The summed E-state index contributed by atoms with van der Waals surface area (Å²) in [4.78, 5) is 31.0. The van der Waals surface area contributed by atoms with Gasteiger partial charge in [-0.2, -0.15) is 0 Å². The number of nitrogens with zero attached hydrogens (tertiary/aromatic N) is 2. The molecule has 0 unspecified atom stereocenters. The molecular weight excluding hydrogens is 384 g/mol. The summed E-state index contributed by atoms with van der Waals surface area (Å²) in [6, 6.07) is 15.1. The third-order valence-electron chi connectivity index (χ3n) is 5.31. The third-order valence-corrected chi connectivity index (χ3v) is 6.51. The van der Waals surface area contributed by atoms with Crippen LogP contribution in [0, 0.1) is 0 Å². The van der Waals surface area contributed by atoms with Crippen molar-refractivity contribution in [3.63, 3.8) is 0 Å². The monoisotopic (exact) mass is 408 g/mol. The van der Waals surface area contributed by atoms with Gasteiger partial charge in [-0.25, -0.2) is 4.98 Å². The standard InChI is InChI=1S/C23H24N2O3S/c1-15(26)17-9-11-19(12-10-17)28-16(2)23(27)25-13-5-6-18(14-25)22-24-20-7-3-4-8-21(20)29-22/h3-4,7-12,16,18H,5-6,13-14H2,1-2H3/t16-,18-/m1/s1. The Balaban J connectivity index is 1.41. The number of thiazole rings is 1. The maximum absolute atomic E-state index is 13.0. The zero-order valence-corrected chi connectivity index (χ0v) is 17.4. The number of likely N-dealkylation sites (tertiary alicyclic amines) is 1. The molecule has 2 atom stereocenters. The molecule has 1 saturated heterocycles. The van der Waals surface area contributed by atoms with Crippen molar-refractivity contribution in [1.82, 2.24) is 9.88 Å². The number of benzene rings is 2. The van der Waals surface area contributed by atoms with E-state index in [2.05, 4.69) is 6.07 Å². The van der Waals surface area contributed by atoms with Crippen LogP contribution in [0.15, 0.2) is 48.5 Å². The van der Waals surface area contributed by atoms with Gasteiger partial charge >= 0.3 is 0 Å². The summed E-state index contributed by atoms with van der Waals surface area (Å²) < 4.78 is 7.03. The van der Waals surface area contributed by atoms with Gasteiger partial charge in [0.25, 0.3) is 5.91 Å². The molecule has 2 aromatic carbocycles. The van der Waals surface area contributed by atoms with E-state index in [-0.39, 0.29) is 17.6 Å². The Morgan fingerprint density at radius 2 is 1.93 bits per heavy atom. The summed E-state index contributed by atoms with van der Waals surface area (Å²) in [7, 11) is 0. The Kier molecular flexibility index (Phi) is 5.62. The van der Waals surface area contributed by atoms with Crippen LogP contribution in [0.2, 0.25) is 0 Å². The molecule has 6 heteroatoms. The molecule has 0 radical (unpaired) electrons. The molecule has 2 heterocycles. The molecule has 3 aromatic rings. The summed E-state index contributed by atoms with van der Waals surface area (Å²) in [5.41, 5.74) is 1.66. The first kappa shape index (κ1) is 19.6. The SMILES string of the molecule is CC(=O)c1ccc(O[C@H](C)C(=O)N2CCC[C@@H](c3nc4ccccc4s3)C2)cc1. The van der Waals surface area contributed by atoms with Crippen LogP contribution in [0.3, 0.4) is 0 Å². The Hall–Kier alpha value is -2.73. The predicted octanol–water partition coefficient (Wildman–Crippen LogP) is 4.67. The summed E-state index contributed by atoms with van der Waals surface area (Å²) in [6.07, 6.45) is 1.44. The highest BCUT2D eigenvalue weighted by atomic mass is 32.1. The molecule has 4 rings (SSSR count). The maximum atomic E-state index is 13.0. The molecule has 1 aromatic heterocycles. The zero-order chi connectivity index (χ0) is 20.4. The van der Waals surface area contributed by atoms with Crippen LogP contribution in [0.1, 0.15) is 48.0 Å². The van der Waals surface area contributed by atoms with E-state index in [9.17, 15) is 9.59 Å². The fourth-order valence-electron chi connectivity index (χ4n) is 3.72. The number of fused-ring (bicyclic) bond motifs is 1. The minimum absolute atomic E-state index is 0.00791. The van der Waals surface area contributed by atoms with Crippen molar-refractivity contribution in [2.24, 2.45) is 0 Å². The molecule has 1 fully saturated rings. The number of Topliss-reactive ketones (excluding diaryl/α,β-unsaturated/α-hetero) is 1. The molecule has 0 bridgehead atoms. The number of aromatic nitrogens is 1. The van der Waals surface area contributed by atoms with Crippen molar-refractivity contribution in [3.8, 4) is 5.75 Å². The summed E-state index contributed by atoms with van der Waals surface area (Å²) in [5, 5.41) is 1.11. The Labute approximate surface area is 174 Å². The van der Waals surface area contributed by atoms with Gasteiger partial charge in [-0.3, -0.25) is 9.59 Å². The predicted molar refractivity (Wildman–Crippen MR) is 115 cm³/mol. The van der Waals surface area contributed by atoms with E-state index in [1.165, 1.54) is 11.6 Å². The lowest BCUT2D eigenvalue weighted by atomic mass is 9.98. The molecule has 1 amide bonds. The van der Waals surface area contributed by atoms with E-state index in [4.69, 9.17) is 9.72 Å². The second-order valence-electron chi connectivity index (χ2n) is 7.48. The molecular formula is C23H24N2O3S. The Morgan fingerprint density at radius 1 is 1.17 bits per heavy atom. The van der Waals surface area contributed by atoms with Crippen LogP contribution in [-0.2, 0) is 4.79 Å². The molecule has 150 valence electrons. The number of carbonyl (C=O) groups excluding carboxylic acids is 2. The van der Waals surface area contributed by atoms with Gasteiger partial charge in [0.05, 0.1) is 15.2 Å². The number of amides is 1. The fourth-order valence-corrected chi connectivity index (χ4v) is 4.82. The van der Waals surface area contributed by atoms with Crippen LogP contribution in [0.25, 0.3) is 10.2 Å². The first-order chi connectivity index (χ1) is 14.0. The maximum Gasteiger partial charge on any atom is 0.263 e. The highest BCUT2D eigenvalue weighted by Crippen LogP contribution is 2.33. The lowest BCUT2D eigenvalue weighted by molar-refractivity contribution is -0.139. The van der Waals surface area contributed by atoms with Crippen molar-refractivity contribution >= 4 is 33.2 Å². The second kappa shape index (κ2) is 8.33. The molecule has 0 spiro atoms. The van der Waals surface area contributed by atoms with Crippen molar-refractivity contribution in [2.45, 2.75) is 38.7 Å². The smallest absolute Gasteiger partial charge is 0.263 e. The topological polar surface area (TPSA) is 59.5 Å². The molecule has 0 N–H and O–H groups in total. The lowest BCUT2D eigenvalue weighted by Gasteiger charge is -2.33. The van der Waals surface area contributed by atoms with Crippen LogP contribution in [0.5, 0.6) is 5.75 Å². The number of hydrogen-bond acceptors (Lipinski definition) is 5. The van der Waals surface area contributed by atoms with E-state index < -0.39 is 6.10 Å². The van der Waals surface area contributed by atoms with Gasteiger partial charge in [0.2, 0.25) is 0 Å². The minimum Gasteiger partial charge on any atom is -0.481 e. The first-order valence-corrected chi connectivity index (χ1v) is 10.7. The van der Waals surface area contributed by atoms with Crippen LogP contribution < -0.4 is 4.74 Å². The number of ketones is 1. The van der Waals surface area contributed by atoms with E-state index >= 15 is 0 Å². The van der Waals surface area contributed by atoms with E-state index in [1.807, 2.05) is 23.1 Å². The van der Waals surface area contributed by atoms with E-state index in [0.717, 1.165) is 29.9 Å². The van der Waals surface area contributed by atoms with Gasteiger partial charge in [0.15, 0.2) is 11.9 Å². The van der Waals surface area contributed by atoms with Crippen LogP contribution in [0.4, 0.5) is 0 Å². The van der Waals surface area contributed by atoms with Gasteiger partial charge in [0, 0.05) is 24.6 Å². The number of carbonyl (C=O) groups is 2. The van der Waals surface area contributed by atoms with Gasteiger partial charge < -0.3 is 9.64 Å². The molecule has 29 heavy (non-hydrogen) atoms. The van der Waals surface area contributed by atoms with Crippen molar-refractivity contribution in [2.75, 3.05) is 13.1 Å². The first-order valence-electron chi connectivity index (χ1n) is 9.93. The van der Waals surface area contributed by atoms with Crippen LogP contribution >= 0.6 is 11.3 Å². The van der Waals surface area contributed by atoms with Gasteiger partial charge in [-0.05, 0) is 63.1 Å². The largest absolute Gasteiger partial charge is 0.481 e. The van der Waals surface area contributed by atoms with Crippen molar-refractivity contribution < 1.29 is 14.3 Å². The number of ether oxygens (including phenoxy) is 1. The van der Waals surface area contributed by atoms with Gasteiger partial charge in [-0.1, -0.05) is 12.1 Å². The van der Waals surface area contributed by atoms with Crippen molar-refractivity contribution in [1.29, 1.82) is 0 Å². The van der Waals surface area contributed by atoms with Crippen molar-refractivity contribution in [3.05, 3.63) is 59.1 Å². The highest BCUT2D eigenvalue weighted by Gasteiger charge is 2.30. The number of para-hydroxylation sites is 1. The lowest BCUT2D eigenvalue weighted by Crippen LogP contribution is -2.45. The fraction of sp³-hybridized carbons (Fsp3) is 0.348. The number of rotatable bonds is 5.